The second-order valence-corrected chi connectivity index (χ2v) is 7.36. The highest BCUT2D eigenvalue weighted by Gasteiger charge is 2.28. The highest BCUT2D eigenvalue weighted by molar-refractivity contribution is 7.13. The van der Waals surface area contributed by atoms with Crippen molar-refractivity contribution in [2.24, 2.45) is 5.92 Å². The Labute approximate surface area is 160 Å². The molecule has 0 saturated carbocycles. The zero-order valence-electron chi connectivity index (χ0n) is 14.9. The second-order valence-electron chi connectivity index (χ2n) is 6.50. The molecule has 0 aliphatic carbocycles. The molecule has 1 aliphatic rings. The largest absolute Gasteiger partial charge is 0.342 e. The molecule has 0 unspecified atom stereocenters. The van der Waals surface area contributed by atoms with Gasteiger partial charge in [-0.05, 0) is 19.8 Å². The molecule has 27 heavy (non-hydrogen) atoms. The zero-order valence-corrected chi connectivity index (χ0v) is 15.7. The number of carbonyl (C=O) groups is 2. The van der Waals surface area contributed by atoms with Crippen molar-refractivity contribution in [3.8, 4) is 0 Å². The molecule has 2 aromatic rings. The van der Waals surface area contributed by atoms with Crippen LogP contribution in [0.25, 0.3) is 0 Å². The van der Waals surface area contributed by atoms with Gasteiger partial charge in [0.1, 0.15) is 0 Å². The number of benzene rings is 1. The number of rotatable bonds is 5. The van der Waals surface area contributed by atoms with Gasteiger partial charge in [-0.3, -0.25) is 19.7 Å². The van der Waals surface area contributed by atoms with Crippen LogP contribution in [0.2, 0.25) is 0 Å². The van der Waals surface area contributed by atoms with Crippen LogP contribution in [0.4, 0.5) is 10.8 Å². The lowest BCUT2D eigenvalue weighted by Crippen LogP contribution is -2.42. The van der Waals surface area contributed by atoms with Gasteiger partial charge in [0.2, 0.25) is 11.8 Å². The summed E-state index contributed by atoms with van der Waals surface area (Å²) in [4.78, 5) is 41.4. The van der Waals surface area contributed by atoms with Gasteiger partial charge in [-0.1, -0.05) is 18.2 Å². The molecule has 2 heterocycles. The average Bonchev–Trinajstić information content (AvgIpc) is 3.06. The SMILES string of the molecule is Cc1csc(NC(=O)C2CCN(C(=O)Cc3ccccc3[N+](=O)[O-])CC2)n1. The fourth-order valence-corrected chi connectivity index (χ4v) is 3.81. The van der Waals surface area contributed by atoms with E-state index in [1.54, 1.807) is 23.1 Å². The number of nitrogens with one attached hydrogen (secondary N) is 1. The standard InChI is InChI=1S/C18H20N4O4S/c1-12-11-27-18(19-12)20-17(24)13-6-8-21(9-7-13)16(23)10-14-4-2-3-5-15(14)22(25)26/h2-5,11,13H,6-10H2,1H3,(H,19,20,24). The Morgan fingerprint density at radius 1 is 1.33 bits per heavy atom. The Kier molecular flexibility index (Phi) is 5.80. The maximum absolute atomic E-state index is 12.5. The van der Waals surface area contributed by atoms with Crippen LogP contribution in [0.5, 0.6) is 0 Å². The van der Waals surface area contributed by atoms with E-state index >= 15 is 0 Å². The molecule has 1 aromatic heterocycles. The van der Waals surface area contributed by atoms with Crippen molar-refractivity contribution in [2.75, 3.05) is 18.4 Å². The molecule has 1 aliphatic heterocycles. The van der Waals surface area contributed by atoms with Crippen molar-refractivity contribution in [1.82, 2.24) is 9.88 Å². The first-order chi connectivity index (χ1) is 12.9. The van der Waals surface area contributed by atoms with Gasteiger partial charge in [0.05, 0.1) is 17.0 Å². The molecule has 3 rings (SSSR count). The summed E-state index contributed by atoms with van der Waals surface area (Å²) in [5, 5.41) is 16.4. The van der Waals surface area contributed by atoms with Gasteiger partial charge in [-0.15, -0.1) is 11.3 Å². The molecule has 9 heteroatoms. The van der Waals surface area contributed by atoms with E-state index in [2.05, 4.69) is 10.3 Å². The van der Waals surface area contributed by atoms with Crippen LogP contribution in [0.15, 0.2) is 29.6 Å². The number of anilines is 1. The van der Waals surface area contributed by atoms with Crippen LogP contribution in [0.3, 0.4) is 0 Å². The third-order valence-corrected chi connectivity index (χ3v) is 5.47. The summed E-state index contributed by atoms with van der Waals surface area (Å²) in [6.07, 6.45) is 1.13. The predicted molar refractivity (Wildman–Crippen MR) is 102 cm³/mol. The summed E-state index contributed by atoms with van der Waals surface area (Å²) in [7, 11) is 0. The summed E-state index contributed by atoms with van der Waals surface area (Å²) in [5.74, 6) is -0.391. The number of nitro groups is 1. The Hall–Kier alpha value is -2.81. The highest BCUT2D eigenvalue weighted by atomic mass is 32.1. The number of hydrogen-bond donors (Lipinski definition) is 1. The number of thiazole rings is 1. The van der Waals surface area contributed by atoms with Crippen molar-refractivity contribution >= 4 is 34.0 Å². The molecular weight excluding hydrogens is 368 g/mol. The van der Waals surface area contributed by atoms with Gasteiger partial charge in [0.25, 0.3) is 5.69 Å². The van der Waals surface area contributed by atoms with Crippen LogP contribution in [-0.2, 0) is 16.0 Å². The van der Waals surface area contributed by atoms with Crippen molar-refractivity contribution in [3.63, 3.8) is 0 Å². The van der Waals surface area contributed by atoms with Gasteiger partial charge in [0, 0.05) is 36.0 Å². The minimum atomic E-state index is -0.473. The molecule has 8 nitrogen and oxygen atoms in total. The first-order valence-electron chi connectivity index (χ1n) is 8.67. The Balaban J connectivity index is 1.53. The molecule has 2 amide bonds. The lowest BCUT2D eigenvalue weighted by atomic mass is 9.95. The zero-order chi connectivity index (χ0) is 19.4. The summed E-state index contributed by atoms with van der Waals surface area (Å²) in [6, 6.07) is 6.28. The number of hydrogen-bond acceptors (Lipinski definition) is 6. The van der Waals surface area contributed by atoms with E-state index in [-0.39, 0.29) is 29.8 Å². The van der Waals surface area contributed by atoms with Crippen LogP contribution in [0, 0.1) is 23.0 Å². The van der Waals surface area contributed by atoms with E-state index in [0.717, 1.165) is 5.69 Å². The normalized spacial score (nSPS) is 14.8. The highest BCUT2D eigenvalue weighted by Crippen LogP contribution is 2.23. The van der Waals surface area contributed by atoms with Gasteiger partial charge in [0.15, 0.2) is 5.13 Å². The van der Waals surface area contributed by atoms with E-state index < -0.39 is 4.92 Å². The molecule has 1 saturated heterocycles. The molecule has 1 aromatic carbocycles. The third-order valence-electron chi connectivity index (χ3n) is 4.60. The van der Waals surface area contributed by atoms with E-state index in [0.29, 0.717) is 36.6 Å². The maximum atomic E-state index is 12.5. The monoisotopic (exact) mass is 388 g/mol. The number of amides is 2. The van der Waals surface area contributed by atoms with Crippen LogP contribution >= 0.6 is 11.3 Å². The van der Waals surface area contributed by atoms with Crippen molar-refractivity contribution in [1.29, 1.82) is 0 Å². The molecule has 1 fully saturated rings. The number of aryl methyl sites for hydroxylation is 1. The van der Waals surface area contributed by atoms with E-state index in [9.17, 15) is 19.7 Å². The Morgan fingerprint density at radius 2 is 2.04 bits per heavy atom. The second kappa shape index (κ2) is 8.26. The Morgan fingerprint density at radius 3 is 2.67 bits per heavy atom. The molecule has 0 radical (unpaired) electrons. The fourth-order valence-electron chi connectivity index (χ4n) is 3.12. The van der Waals surface area contributed by atoms with Crippen molar-refractivity contribution < 1.29 is 14.5 Å². The van der Waals surface area contributed by atoms with Gasteiger partial charge in [-0.2, -0.15) is 0 Å². The van der Waals surface area contributed by atoms with E-state index in [4.69, 9.17) is 0 Å². The van der Waals surface area contributed by atoms with Crippen LogP contribution in [0.1, 0.15) is 24.1 Å². The van der Waals surface area contributed by atoms with E-state index in [1.807, 2.05) is 12.3 Å². The topological polar surface area (TPSA) is 105 Å². The molecule has 0 spiro atoms. The summed E-state index contributed by atoms with van der Waals surface area (Å²) < 4.78 is 0. The number of nitrogens with zero attached hydrogens (tertiary/aromatic N) is 3. The van der Waals surface area contributed by atoms with Gasteiger partial charge >= 0.3 is 0 Å². The summed E-state index contributed by atoms with van der Waals surface area (Å²) in [6.45, 7) is 2.80. The minimum absolute atomic E-state index is 0.00753. The maximum Gasteiger partial charge on any atom is 0.273 e. The van der Waals surface area contributed by atoms with Crippen molar-refractivity contribution in [3.05, 3.63) is 51.0 Å². The third kappa shape index (κ3) is 4.68. The predicted octanol–water partition coefficient (Wildman–Crippen LogP) is 2.78. The number of aromatic nitrogens is 1. The molecule has 0 bridgehead atoms. The average molecular weight is 388 g/mol. The first-order valence-corrected chi connectivity index (χ1v) is 9.55. The smallest absolute Gasteiger partial charge is 0.273 e. The molecule has 0 atom stereocenters. The lowest BCUT2D eigenvalue weighted by molar-refractivity contribution is -0.385. The number of para-hydroxylation sites is 1. The lowest BCUT2D eigenvalue weighted by Gasteiger charge is -2.31. The molecule has 1 N–H and O–H groups in total. The van der Waals surface area contributed by atoms with Crippen LogP contribution < -0.4 is 5.32 Å². The first kappa shape index (κ1) is 19.0. The number of carbonyl (C=O) groups excluding carboxylic acids is 2. The summed E-state index contributed by atoms with van der Waals surface area (Å²) >= 11 is 1.39. The number of nitro benzene ring substituents is 1. The quantitative estimate of drug-likeness (QED) is 0.626. The number of likely N-dealkylation sites (tertiary alicyclic amines) is 1. The van der Waals surface area contributed by atoms with Crippen molar-refractivity contribution in [2.45, 2.75) is 26.2 Å². The van der Waals surface area contributed by atoms with Crippen LogP contribution in [-0.4, -0.2) is 39.7 Å². The minimum Gasteiger partial charge on any atom is -0.342 e. The van der Waals surface area contributed by atoms with E-state index in [1.165, 1.54) is 17.4 Å². The summed E-state index contributed by atoms with van der Waals surface area (Å²) in [5.41, 5.74) is 1.23. The fraction of sp³-hybridized carbons (Fsp3) is 0.389. The van der Waals surface area contributed by atoms with Gasteiger partial charge in [-0.25, -0.2) is 4.98 Å². The number of piperidine rings is 1. The Bertz CT molecular complexity index is 859. The molecule has 142 valence electrons. The molecular formula is C18H20N4O4S. The van der Waals surface area contributed by atoms with Gasteiger partial charge < -0.3 is 10.2 Å².